The van der Waals surface area contributed by atoms with Crippen molar-refractivity contribution in [2.75, 3.05) is 19.6 Å². The van der Waals surface area contributed by atoms with E-state index in [1.54, 1.807) is 0 Å². The van der Waals surface area contributed by atoms with Crippen LogP contribution in [-0.2, 0) is 14.8 Å². The number of nitrogens with zero attached hydrogens (tertiary/aromatic N) is 1. The van der Waals surface area contributed by atoms with Crippen LogP contribution in [0.15, 0.2) is 29.2 Å². The van der Waals surface area contributed by atoms with Gasteiger partial charge in [-0.2, -0.15) is 4.31 Å². The van der Waals surface area contributed by atoms with Crippen LogP contribution in [0.25, 0.3) is 0 Å². The Morgan fingerprint density at radius 3 is 2.44 bits per heavy atom. The molecule has 2 rings (SSSR count). The summed E-state index contributed by atoms with van der Waals surface area (Å²) in [6.07, 6.45) is 3.73. The molecule has 1 aromatic carbocycles. The van der Waals surface area contributed by atoms with Crippen LogP contribution in [0.2, 0.25) is 0 Å². The summed E-state index contributed by atoms with van der Waals surface area (Å²) >= 11 is 0. The third kappa shape index (κ3) is 5.02. The molecule has 1 aliphatic heterocycles. The van der Waals surface area contributed by atoms with Crippen LogP contribution in [0.1, 0.15) is 43.0 Å². The molecule has 0 saturated carbocycles. The summed E-state index contributed by atoms with van der Waals surface area (Å²) in [5.41, 5.74) is 0.202. The Morgan fingerprint density at radius 2 is 1.84 bits per heavy atom. The van der Waals surface area contributed by atoms with E-state index in [2.05, 4.69) is 5.32 Å². The van der Waals surface area contributed by atoms with Gasteiger partial charge in [0, 0.05) is 25.2 Å². The summed E-state index contributed by atoms with van der Waals surface area (Å²) < 4.78 is 27.0. The minimum Gasteiger partial charge on any atom is -0.481 e. The van der Waals surface area contributed by atoms with E-state index in [0.29, 0.717) is 13.1 Å². The molecule has 1 aromatic rings. The zero-order valence-electron chi connectivity index (χ0n) is 14.3. The molecule has 0 aromatic heterocycles. The summed E-state index contributed by atoms with van der Waals surface area (Å²) in [7, 11) is -3.63. The van der Waals surface area contributed by atoms with E-state index in [1.165, 1.54) is 35.5 Å². The first-order valence-corrected chi connectivity index (χ1v) is 9.87. The first kappa shape index (κ1) is 19.4. The minimum atomic E-state index is -3.63. The molecule has 8 heteroatoms. The third-order valence-corrected chi connectivity index (χ3v) is 6.18. The van der Waals surface area contributed by atoms with E-state index in [4.69, 9.17) is 5.11 Å². The molecule has 0 spiro atoms. The summed E-state index contributed by atoms with van der Waals surface area (Å²) in [5, 5.41) is 11.4. The van der Waals surface area contributed by atoms with Gasteiger partial charge in [-0.3, -0.25) is 9.59 Å². The Bertz CT molecular complexity index is 724. The van der Waals surface area contributed by atoms with Gasteiger partial charge in [0.1, 0.15) is 0 Å². The number of sulfonamides is 1. The van der Waals surface area contributed by atoms with Gasteiger partial charge in [-0.05, 0) is 31.0 Å². The normalized spacial score (nSPS) is 17.5. The van der Waals surface area contributed by atoms with Crippen LogP contribution in [0, 0.1) is 5.92 Å². The van der Waals surface area contributed by atoms with Crippen molar-refractivity contribution in [1.82, 2.24) is 9.62 Å². The van der Waals surface area contributed by atoms with Crippen molar-refractivity contribution in [2.24, 2.45) is 5.92 Å². The second kappa shape index (κ2) is 8.44. The molecule has 1 fully saturated rings. The van der Waals surface area contributed by atoms with Crippen molar-refractivity contribution in [3.05, 3.63) is 29.8 Å². The Kier molecular flexibility index (Phi) is 6.55. The quantitative estimate of drug-likeness (QED) is 0.795. The molecular formula is C17H24N2O5S. The maximum absolute atomic E-state index is 12.8. The number of amides is 1. The largest absolute Gasteiger partial charge is 0.481 e. The SMILES string of the molecule is CC(CNC(=O)c1cccc(S(=O)(=O)N2CCCCCC2)c1)C(=O)O. The maximum atomic E-state index is 12.8. The number of carbonyl (C=O) groups excluding carboxylic acids is 1. The van der Waals surface area contributed by atoms with Gasteiger partial charge < -0.3 is 10.4 Å². The highest BCUT2D eigenvalue weighted by atomic mass is 32.2. The Balaban J connectivity index is 2.14. The Morgan fingerprint density at radius 1 is 1.20 bits per heavy atom. The molecule has 0 radical (unpaired) electrons. The van der Waals surface area contributed by atoms with Crippen LogP contribution in [-0.4, -0.2) is 49.3 Å². The summed E-state index contributed by atoms with van der Waals surface area (Å²) in [4.78, 5) is 23.1. The molecule has 0 aliphatic carbocycles. The average Bonchev–Trinajstić information content (AvgIpc) is 2.89. The molecule has 2 N–H and O–H groups in total. The number of carboxylic acid groups (broad SMARTS) is 1. The third-order valence-electron chi connectivity index (χ3n) is 4.29. The number of hydrogen-bond donors (Lipinski definition) is 2. The first-order chi connectivity index (χ1) is 11.8. The zero-order valence-corrected chi connectivity index (χ0v) is 15.1. The predicted octanol–water partition coefficient (Wildman–Crippen LogP) is 1.70. The zero-order chi connectivity index (χ0) is 18.4. The molecular weight excluding hydrogens is 344 g/mol. The lowest BCUT2D eigenvalue weighted by Crippen LogP contribution is -2.33. The molecule has 1 atom stereocenters. The highest BCUT2D eigenvalue weighted by Gasteiger charge is 2.25. The summed E-state index contributed by atoms with van der Waals surface area (Å²) in [6, 6.07) is 5.88. The van der Waals surface area contributed by atoms with E-state index in [0.717, 1.165) is 25.7 Å². The monoisotopic (exact) mass is 368 g/mol. The number of carboxylic acids is 1. The van der Waals surface area contributed by atoms with Crippen molar-refractivity contribution >= 4 is 21.9 Å². The molecule has 0 bridgehead atoms. The van der Waals surface area contributed by atoms with Crippen molar-refractivity contribution in [3.8, 4) is 0 Å². The Hall–Kier alpha value is -1.93. The molecule has 7 nitrogen and oxygen atoms in total. The molecule has 1 unspecified atom stereocenters. The van der Waals surface area contributed by atoms with Gasteiger partial charge in [0.15, 0.2) is 0 Å². The fourth-order valence-electron chi connectivity index (χ4n) is 2.66. The molecule has 1 amide bonds. The van der Waals surface area contributed by atoms with E-state index in [-0.39, 0.29) is 17.0 Å². The molecule has 25 heavy (non-hydrogen) atoms. The number of benzene rings is 1. The topological polar surface area (TPSA) is 104 Å². The van der Waals surface area contributed by atoms with E-state index >= 15 is 0 Å². The number of hydrogen-bond acceptors (Lipinski definition) is 4. The van der Waals surface area contributed by atoms with Crippen molar-refractivity contribution in [3.63, 3.8) is 0 Å². The van der Waals surface area contributed by atoms with Gasteiger partial charge >= 0.3 is 5.97 Å². The fourth-order valence-corrected chi connectivity index (χ4v) is 4.23. The maximum Gasteiger partial charge on any atom is 0.308 e. The lowest BCUT2D eigenvalue weighted by Gasteiger charge is -2.20. The lowest BCUT2D eigenvalue weighted by molar-refractivity contribution is -0.140. The molecule has 138 valence electrons. The highest BCUT2D eigenvalue weighted by Crippen LogP contribution is 2.21. The second-order valence-corrected chi connectivity index (χ2v) is 8.23. The van der Waals surface area contributed by atoms with Crippen molar-refractivity contribution < 1.29 is 23.1 Å². The van der Waals surface area contributed by atoms with Crippen LogP contribution < -0.4 is 5.32 Å². The number of rotatable bonds is 6. The summed E-state index contributed by atoms with van der Waals surface area (Å²) in [6.45, 7) is 2.46. The first-order valence-electron chi connectivity index (χ1n) is 8.43. The Labute approximate surface area is 148 Å². The minimum absolute atomic E-state index is 0.0166. The number of aliphatic carboxylic acids is 1. The average molecular weight is 368 g/mol. The van der Waals surface area contributed by atoms with Gasteiger partial charge in [-0.15, -0.1) is 0 Å². The van der Waals surface area contributed by atoms with Crippen LogP contribution in [0.5, 0.6) is 0 Å². The lowest BCUT2D eigenvalue weighted by atomic mass is 10.1. The number of carbonyl (C=O) groups is 2. The van der Waals surface area contributed by atoms with Gasteiger partial charge in [0.05, 0.1) is 10.8 Å². The molecule has 1 aliphatic rings. The highest BCUT2D eigenvalue weighted by molar-refractivity contribution is 7.89. The van der Waals surface area contributed by atoms with Gasteiger partial charge in [-0.1, -0.05) is 25.8 Å². The van der Waals surface area contributed by atoms with Gasteiger partial charge in [-0.25, -0.2) is 8.42 Å². The van der Waals surface area contributed by atoms with Crippen LogP contribution in [0.4, 0.5) is 0 Å². The van der Waals surface area contributed by atoms with Crippen LogP contribution in [0.3, 0.4) is 0 Å². The van der Waals surface area contributed by atoms with Crippen LogP contribution >= 0.6 is 0 Å². The summed E-state index contributed by atoms with van der Waals surface area (Å²) in [5.74, 6) is -2.20. The fraction of sp³-hybridized carbons (Fsp3) is 0.529. The van der Waals surface area contributed by atoms with E-state index in [1.807, 2.05) is 0 Å². The predicted molar refractivity (Wildman–Crippen MR) is 92.8 cm³/mol. The van der Waals surface area contributed by atoms with Gasteiger partial charge in [0.2, 0.25) is 10.0 Å². The molecule has 1 heterocycles. The second-order valence-electron chi connectivity index (χ2n) is 6.30. The van der Waals surface area contributed by atoms with E-state index < -0.39 is 27.8 Å². The van der Waals surface area contributed by atoms with E-state index in [9.17, 15) is 18.0 Å². The molecule has 1 saturated heterocycles. The number of nitrogens with one attached hydrogen (secondary N) is 1. The van der Waals surface area contributed by atoms with Crippen molar-refractivity contribution in [1.29, 1.82) is 0 Å². The van der Waals surface area contributed by atoms with Gasteiger partial charge in [0.25, 0.3) is 5.91 Å². The standard InChI is InChI=1S/C17H24N2O5S/c1-13(17(21)22)12-18-16(20)14-7-6-8-15(11-14)25(23,24)19-9-4-2-3-5-10-19/h6-8,11,13H,2-5,9-10,12H2,1H3,(H,18,20)(H,21,22). The van der Waals surface area contributed by atoms with Crippen molar-refractivity contribution in [2.45, 2.75) is 37.5 Å². The smallest absolute Gasteiger partial charge is 0.308 e.